The van der Waals surface area contributed by atoms with Gasteiger partial charge in [-0.05, 0) is 25.0 Å². The Morgan fingerprint density at radius 3 is 2.71 bits per heavy atom. The van der Waals surface area contributed by atoms with E-state index in [2.05, 4.69) is 53.4 Å². The van der Waals surface area contributed by atoms with Crippen LogP contribution in [0.5, 0.6) is 0 Å². The molecule has 0 aliphatic heterocycles. The molecule has 0 saturated carbocycles. The van der Waals surface area contributed by atoms with Crippen LogP contribution in [0.2, 0.25) is 0 Å². The minimum Gasteiger partial charge on any atom is -0.382 e. The Morgan fingerprint density at radius 1 is 1.24 bits per heavy atom. The lowest BCUT2D eigenvalue weighted by Gasteiger charge is -2.19. The quantitative estimate of drug-likeness (QED) is 0.849. The van der Waals surface area contributed by atoms with E-state index in [4.69, 9.17) is 0 Å². The highest BCUT2D eigenvalue weighted by Gasteiger charge is 2.07. The second-order valence-electron chi connectivity index (χ2n) is 4.59. The molecule has 90 valence electrons. The largest absolute Gasteiger partial charge is 0.382 e. The van der Waals surface area contributed by atoms with Crippen molar-refractivity contribution in [2.75, 3.05) is 5.32 Å². The maximum atomic E-state index is 4.15. The van der Waals surface area contributed by atoms with Crippen molar-refractivity contribution in [3.05, 3.63) is 30.6 Å². The van der Waals surface area contributed by atoms with E-state index in [1.165, 1.54) is 6.33 Å². The number of rotatable bonds is 4. The van der Waals surface area contributed by atoms with Gasteiger partial charge in [-0.25, -0.2) is 4.98 Å². The zero-order valence-electron chi connectivity index (χ0n) is 10.4. The van der Waals surface area contributed by atoms with Gasteiger partial charge in [-0.1, -0.05) is 26.0 Å². The van der Waals surface area contributed by atoms with Crippen LogP contribution < -0.4 is 5.32 Å². The molecule has 4 heteroatoms. The predicted molar refractivity (Wildman–Crippen MR) is 69.7 cm³/mol. The molecule has 1 aromatic heterocycles. The van der Waals surface area contributed by atoms with Gasteiger partial charge in [0.1, 0.15) is 6.33 Å². The average molecular weight is 230 g/mol. The highest BCUT2D eigenvalue weighted by atomic mass is 15.2. The first-order chi connectivity index (χ1) is 8.16. The second-order valence-corrected chi connectivity index (χ2v) is 4.59. The molecular weight excluding hydrogens is 212 g/mol. The first-order valence-electron chi connectivity index (χ1n) is 5.89. The van der Waals surface area contributed by atoms with Crippen LogP contribution >= 0.6 is 0 Å². The third-order valence-electron chi connectivity index (χ3n) is 2.95. The van der Waals surface area contributed by atoms with Gasteiger partial charge >= 0.3 is 0 Å². The molecular formula is C13H18N4. The minimum atomic E-state index is 0.444. The molecule has 0 fully saturated rings. The Kier molecular flexibility index (Phi) is 3.42. The number of nitrogens with one attached hydrogen (secondary N) is 2. The molecule has 0 saturated heterocycles. The lowest BCUT2D eigenvalue weighted by Crippen LogP contribution is -2.21. The summed E-state index contributed by atoms with van der Waals surface area (Å²) in [7, 11) is 0. The number of hydrogen-bond acceptors (Lipinski definition) is 3. The van der Waals surface area contributed by atoms with E-state index >= 15 is 0 Å². The van der Waals surface area contributed by atoms with Crippen molar-refractivity contribution in [1.82, 2.24) is 15.2 Å². The van der Waals surface area contributed by atoms with Crippen molar-refractivity contribution in [3.8, 4) is 11.4 Å². The molecule has 1 atom stereocenters. The van der Waals surface area contributed by atoms with Crippen molar-refractivity contribution >= 4 is 5.69 Å². The molecule has 17 heavy (non-hydrogen) atoms. The van der Waals surface area contributed by atoms with Gasteiger partial charge in [0, 0.05) is 17.3 Å². The van der Waals surface area contributed by atoms with Crippen LogP contribution in [-0.4, -0.2) is 21.2 Å². The molecule has 0 radical (unpaired) electrons. The SMILES string of the molecule is CC(C)[C@@H](C)Nc1cccc(-c2ncn[nH]2)c1. The van der Waals surface area contributed by atoms with Crippen molar-refractivity contribution in [1.29, 1.82) is 0 Å². The van der Waals surface area contributed by atoms with Crippen LogP contribution in [0.25, 0.3) is 11.4 Å². The highest BCUT2D eigenvalue weighted by molar-refractivity contribution is 5.62. The summed E-state index contributed by atoms with van der Waals surface area (Å²) >= 11 is 0. The monoisotopic (exact) mass is 230 g/mol. The molecule has 2 aromatic rings. The summed E-state index contributed by atoms with van der Waals surface area (Å²) in [6.45, 7) is 6.60. The molecule has 2 rings (SSSR count). The molecule has 4 nitrogen and oxygen atoms in total. The topological polar surface area (TPSA) is 53.6 Å². The lowest BCUT2D eigenvalue weighted by atomic mass is 10.1. The Hall–Kier alpha value is -1.84. The Morgan fingerprint density at radius 2 is 2.06 bits per heavy atom. The Balaban J connectivity index is 2.18. The molecule has 1 aromatic carbocycles. The normalized spacial score (nSPS) is 12.7. The van der Waals surface area contributed by atoms with Gasteiger partial charge in [0.25, 0.3) is 0 Å². The van der Waals surface area contributed by atoms with E-state index in [9.17, 15) is 0 Å². The van der Waals surface area contributed by atoms with E-state index in [0.29, 0.717) is 12.0 Å². The number of anilines is 1. The first-order valence-corrected chi connectivity index (χ1v) is 5.89. The summed E-state index contributed by atoms with van der Waals surface area (Å²) in [5.74, 6) is 1.40. The van der Waals surface area contributed by atoms with Crippen LogP contribution in [0.3, 0.4) is 0 Å². The van der Waals surface area contributed by atoms with Crippen molar-refractivity contribution in [2.45, 2.75) is 26.8 Å². The third-order valence-corrected chi connectivity index (χ3v) is 2.95. The summed E-state index contributed by atoms with van der Waals surface area (Å²) in [5.41, 5.74) is 2.16. The predicted octanol–water partition coefficient (Wildman–Crippen LogP) is 2.93. The minimum absolute atomic E-state index is 0.444. The summed E-state index contributed by atoms with van der Waals surface area (Å²) < 4.78 is 0. The molecule has 0 aliphatic rings. The van der Waals surface area contributed by atoms with Gasteiger partial charge in [-0.15, -0.1) is 0 Å². The van der Waals surface area contributed by atoms with Crippen molar-refractivity contribution in [3.63, 3.8) is 0 Å². The van der Waals surface area contributed by atoms with E-state index in [-0.39, 0.29) is 0 Å². The maximum absolute atomic E-state index is 4.15. The van der Waals surface area contributed by atoms with Gasteiger partial charge in [0.2, 0.25) is 0 Å². The number of H-pyrrole nitrogens is 1. The van der Waals surface area contributed by atoms with Crippen LogP contribution in [0, 0.1) is 5.92 Å². The summed E-state index contributed by atoms with van der Waals surface area (Å²) in [6.07, 6.45) is 1.52. The standard InChI is InChI=1S/C13H18N4/c1-9(2)10(3)16-12-6-4-5-11(7-12)13-14-8-15-17-13/h4-10,16H,1-3H3,(H,14,15,17)/t10-/m1/s1. The Labute approximate surface area is 101 Å². The zero-order valence-corrected chi connectivity index (χ0v) is 10.4. The molecule has 1 heterocycles. The number of benzene rings is 1. The Bertz CT molecular complexity index is 462. The fourth-order valence-corrected chi connectivity index (χ4v) is 1.53. The van der Waals surface area contributed by atoms with Gasteiger partial charge in [-0.3, -0.25) is 5.10 Å². The van der Waals surface area contributed by atoms with Gasteiger partial charge < -0.3 is 5.32 Å². The zero-order chi connectivity index (χ0) is 12.3. The van der Waals surface area contributed by atoms with E-state index < -0.39 is 0 Å². The second kappa shape index (κ2) is 4.99. The molecule has 0 spiro atoms. The number of nitrogens with zero attached hydrogens (tertiary/aromatic N) is 2. The van der Waals surface area contributed by atoms with Crippen molar-refractivity contribution < 1.29 is 0 Å². The number of aromatic nitrogens is 3. The molecule has 0 bridgehead atoms. The number of hydrogen-bond donors (Lipinski definition) is 2. The van der Waals surface area contributed by atoms with Crippen molar-refractivity contribution in [2.24, 2.45) is 5.92 Å². The van der Waals surface area contributed by atoms with E-state index in [1.807, 2.05) is 12.1 Å². The summed E-state index contributed by atoms with van der Waals surface area (Å²) in [6, 6.07) is 8.64. The highest BCUT2D eigenvalue weighted by Crippen LogP contribution is 2.20. The molecule has 0 unspecified atom stereocenters. The van der Waals surface area contributed by atoms with Gasteiger partial charge in [0.15, 0.2) is 5.82 Å². The van der Waals surface area contributed by atoms with Crippen LogP contribution in [0.15, 0.2) is 30.6 Å². The van der Waals surface area contributed by atoms with Gasteiger partial charge in [-0.2, -0.15) is 5.10 Å². The van der Waals surface area contributed by atoms with Crippen LogP contribution in [-0.2, 0) is 0 Å². The molecule has 2 N–H and O–H groups in total. The summed E-state index contributed by atoms with van der Waals surface area (Å²) in [5, 5.41) is 10.2. The first kappa shape index (κ1) is 11.6. The molecule has 0 amide bonds. The van der Waals surface area contributed by atoms with Crippen LogP contribution in [0.4, 0.5) is 5.69 Å². The average Bonchev–Trinajstić information content (AvgIpc) is 2.82. The summed E-state index contributed by atoms with van der Waals surface area (Å²) in [4.78, 5) is 4.15. The number of aromatic amines is 1. The third kappa shape index (κ3) is 2.84. The maximum Gasteiger partial charge on any atom is 0.155 e. The smallest absolute Gasteiger partial charge is 0.155 e. The van der Waals surface area contributed by atoms with E-state index in [1.54, 1.807) is 0 Å². The van der Waals surface area contributed by atoms with E-state index in [0.717, 1.165) is 17.1 Å². The molecule has 0 aliphatic carbocycles. The van der Waals surface area contributed by atoms with Gasteiger partial charge in [0.05, 0.1) is 0 Å². The lowest BCUT2D eigenvalue weighted by molar-refractivity contribution is 0.560. The van der Waals surface area contributed by atoms with Crippen LogP contribution in [0.1, 0.15) is 20.8 Å². The fraction of sp³-hybridized carbons (Fsp3) is 0.385. The fourth-order valence-electron chi connectivity index (χ4n) is 1.53.